The van der Waals surface area contributed by atoms with Gasteiger partial charge in [0.25, 0.3) is 5.91 Å². The van der Waals surface area contributed by atoms with Crippen LogP contribution in [0.25, 0.3) is 11.3 Å². The molecule has 0 spiro atoms. The topological polar surface area (TPSA) is 113 Å². The molecule has 0 aliphatic rings. The Morgan fingerprint density at radius 2 is 1.65 bits per heavy atom. The summed E-state index contributed by atoms with van der Waals surface area (Å²) in [6.07, 6.45) is -4.68. The number of halogens is 3. The molecule has 196 valence electrons. The number of amides is 1. The zero-order chi connectivity index (χ0) is 27.0. The molecule has 0 fully saturated rings. The van der Waals surface area contributed by atoms with Gasteiger partial charge in [-0.3, -0.25) is 9.59 Å². The lowest BCUT2D eigenvalue weighted by Gasteiger charge is -2.24. The van der Waals surface area contributed by atoms with Crippen LogP contribution in [-0.4, -0.2) is 46.4 Å². The van der Waals surface area contributed by atoms with E-state index in [1.54, 1.807) is 48.5 Å². The van der Waals surface area contributed by atoms with Crippen LogP contribution >= 0.6 is 0 Å². The summed E-state index contributed by atoms with van der Waals surface area (Å²) in [7, 11) is 0. The van der Waals surface area contributed by atoms with Crippen molar-refractivity contribution >= 4 is 17.6 Å². The number of hydrogen-bond acceptors (Lipinski definition) is 6. The van der Waals surface area contributed by atoms with E-state index in [4.69, 9.17) is 9.84 Å². The molecule has 3 aromatic rings. The van der Waals surface area contributed by atoms with Gasteiger partial charge >= 0.3 is 12.1 Å². The van der Waals surface area contributed by atoms with Crippen LogP contribution in [0.2, 0.25) is 0 Å². The van der Waals surface area contributed by atoms with Gasteiger partial charge in [0.2, 0.25) is 0 Å². The number of carboxylic acids is 1. The van der Waals surface area contributed by atoms with Gasteiger partial charge in [-0.1, -0.05) is 13.8 Å². The molecule has 11 heteroatoms. The summed E-state index contributed by atoms with van der Waals surface area (Å²) in [4.78, 5) is 22.7. The Hall–Kier alpha value is -4.15. The highest BCUT2D eigenvalue weighted by atomic mass is 19.4. The molecule has 1 amide bonds. The zero-order valence-corrected chi connectivity index (χ0v) is 20.2. The molecule has 37 heavy (non-hydrogen) atoms. The number of anilines is 1. The van der Waals surface area contributed by atoms with E-state index in [2.05, 4.69) is 20.8 Å². The largest absolute Gasteiger partial charge is 0.491 e. The predicted molar refractivity (Wildman–Crippen MR) is 131 cm³/mol. The standard InChI is InChI=1S/C26H27F3N4O4/c1-16(2)22(31-19-7-3-18(4-8-19)25(36)30-14-13-24(34)35)15-37-20-9-5-17(6-10-20)21-11-12-23(33-32-21)26(27,28)29/h3-12,16,22,31H,13-15H2,1-2H3,(H,30,36)(H,34,35). The highest BCUT2D eigenvalue weighted by Gasteiger charge is 2.32. The molecule has 3 rings (SSSR count). The normalized spacial score (nSPS) is 12.2. The fourth-order valence-corrected chi connectivity index (χ4v) is 3.26. The molecule has 1 heterocycles. The maximum absolute atomic E-state index is 12.7. The summed E-state index contributed by atoms with van der Waals surface area (Å²) in [5, 5.41) is 21.5. The highest BCUT2D eigenvalue weighted by Crippen LogP contribution is 2.28. The van der Waals surface area contributed by atoms with Crippen LogP contribution < -0.4 is 15.4 Å². The minimum atomic E-state index is -4.54. The first kappa shape index (κ1) is 27.4. The number of carbonyl (C=O) groups is 2. The Balaban J connectivity index is 1.55. The van der Waals surface area contributed by atoms with Crippen molar-refractivity contribution in [3.8, 4) is 17.0 Å². The second-order valence-electron chi connectivity index (χ2n) is 8.61. The Morgan fingerprint density at radius 3 is 2.19 bits per heavy atom. The van der Waals surface area contributed by atoms with Gasteiger partial charge in [-0.05, 0) is 66.6 Å². The number of benzene rings is 2. The van der Waals surface area contributed by atoms with Crippen molar-refractivity contribution in [3.05, 3.63) is 71.9 Å². The van der Waals surface area contributed by atoms with Crippen LogP contribution in [-0.2, 0) is 11.0 Å². The van der Waals surface area contributed by atoms with Crippen LogP contribution in [0.4, 0.5) is 18.9 Å². The van der Waals surface area contributed by atoms with Gasteiger partial charge in [0, 0.05) is 23.4 Å². The molecule has 0 aliphatic heterocycles. The maximum atomic E-state index is 12.7. The highest BCUT2D eigenvalue weighted by molar-refractivity contribution is 5.94. The van der Waals surface area contributed by atoms with E-state index < -0.39 is 17.8 Å². The second kappa shape index (κ2) is 12.2. The van der Waals surface area contributed by atoms with Crippen LogP contribution in [0.5, 0.6) is 5.75 Å². The molecular formula is C26H27F3N4O4. The molecule has 1 aromatic heterocycles. The summed E-state index contributed by atoms with van der Waals surface area (Å²) >= 11 is 0. The van der Waals surface area contributed by atoms with Crippen LogP contribution in [0.1, 0.15) is 36.3 Å². The average molecular weight is 517 g/mol. The molecule has 0 aliphatic carbocycles. The van der Waals surface area contributed by atoms with E-state index >= 15 is 0 Å². The van der Waals surface area contributed by atoms with E-state index in [-0.39, 0.29) is 30.8 Å². The van der Waals surface area contributed by atoms with Gasteiger partial charge < -0.3 is 20.5 Å². The third-order valence-electron chi connectivity index (χ3n) is 5.46. The lowest BCUT2D eigenvalue weighted by molar-refractivity contribution is -0.141. The second-order valence-corrected chi connectivity index (χ2v) is 8.61. The third-order valence-corrected chi connectivity index (χ3v) is 5.46. The Kier molecular flexibility index (Phi) is 9.05. The lowest BCUT2D eigenvalue weighted by Crippen LogP contribution is -2.32. The number of aromatic nitrogens is 2. The smallest absolute Gasteiger partial charge is 0.435 e. The fraction of sp³-hybridized carbons (Fsp3) is 0.308. The summed E-state index contributed by atoms with van der Waals surface area (Å²) < 4.78 is 43.9. The first-order chi connectivity index (χ1) is 17.5. The molecule has 3 N–H and O–H groups in total. The first-order valence-corrected chi connectivity index (χ1v) is 11.5. The minimum absolute atomic E-state index is 0.0552. The van der Waals surface area contributed by atoms with Gasteiger partial charge in [0.15, 0.2) is 5.69 Å². The van der Waals surface area contributed by atoms with Crippen molar-refractivity contribution in [2.75, 3.05) is 18.5 Å². The van der Waals surface area contributed by atoms with Crippen molar-refractivity contribution in [2.24, 2.45) is 5.92 Å². The van der Waals surface area contributed by atoms with Crippen molar-refractivity contribution in [3.63, 3.8) is 0 Å². The molecule has 8 nitrogen and oxygen atoms in total. The average Bonchev–Trinajstić information content (AvgIpc) is 2.86. The van der Waals surface area contributed by atoms with E-state index in [9.17, 15) is 22.8 Å². The SMILES string of the molecule is CC(C)C(COc1ccc(-c2ccc(C(F)(F)F)nn2)cc1)Nc1ccc(C(=O)NCCC(=O)O)cc1. The maximum Gasteiger partial charge on any atom is 0.435 e. The van der Waals surface area contributed by atoms with Gasteiger partial charge in [-0.2, -0.15) is 13.2 Å². The van der Waals surface area contributed by atoms with Gasteiger partial charge in [-0.25, -0.2) is 0 Å². The number of aliphatic carboxylic acids is 1. The number of hydrogen-bond donors (Lipinski definition) is 3. The van der Waals surface area contributed by atoms with Gasteiger partial charge in [0.1, 0.15) is 12.4 Å². The summed E-state index contributed by atoms with van der Waals surface area (Å²) in [6.45, 7) is 4.48. The monoisotopic (exact) mass is 516 g/mol. The number of ether oxygens (including phenoxy) is 1. The number of nitrogens with zero attached hydrogens (tertiary/aromatic N) is 2. The molecule has 2 aromatic carbocycles. The lowest BCUT2D eigenvalue weighted by atomic mass is 10.0. The predicted octanol–water partition coefficient (Wildman–Crippen LogP) is 4.88. The van der Waals surface area contributed by atoms with Crippen molar-refractivity contribution in [1.82, 2.24) is 15.5 Å². The minimum Gasteiger partial charge on any atom is -0.491 e. The van der Waals surface area contributed by atoms with E-state index in [0.717, 1.165) is 11.8 Å². The number of nitrogens with one attached hydrogen (secondary N) is 2. The molecular weight excluding hydrogens is 489 g/mol. The third kappa shape index (κ3) is 8.19. The van der Waals surface area contributed by atoms with E-state index in [1.807, 2.05) is 13.8 Å². The first-order valence-electron chi connectivity index (χ1n) is 11.5. The molecule has 0 bridgehead atoms. The molecule has 0 saturated heterocycles. The van der Waals surface area contributed by atoms with Crippen molar-refractivity contribution in [2.45, 2.75) is 32.5 Å². The summed E-state index contributed by atoms with van der Waals surface area (Å²) in [5.74, 6) is -0.529. The van der Waals surface area contributed by atoms with Crippen molar-refractivity contribution < 1.29 is 32.6 Å². The van der Waals surface area contributed by atoms with Crippen LogP contribution in [0.15, 0.2) is 60.7 Å². The van der Waals surface area contributed by atoms with Gasteiger partial charge in [-0.15, -0.1) is 10.2 Å². The van der Waals surface area contributed by atoms with E-state index in [1.165, 1.54) is 6.07 Å². The number of alkyl halides is 3. The van der Waals surface area contributed by atoms with E-state index in [0.29, 0.717) is 29.2 Å². The zero-order valence-electron chi connectivity index (χ0n) is 20.2. The number of rotatable bonds is 11. The van der Waals surface area contributed by atoms with Crippen LogP contribution in [0, 0.1) is 5.92 Å². The molecule has 0 saturated carbocycles. The molecule has 0 radical (unpaired) electrons. The molecule has 1 unspecified atom stereocenters. The fourth-order valence-electron chi connectivity index (χ4n) is 3.26. The summed E-state index contributed by atoms with van der Waals surface area (Å²) in [5.41, 5.74) is 1.10. The van der Waals surface area contributed by atoms with Crippen LogP contribution in [0.3, 0.4) is 0 Å². The number of carboxylic acid groups (broad SMARTS) is 1. The quantitative estimate of drug-likeness (QED) is 0.333. The Bertz CT molecular complexity index is 1180. The summed E-state index contributed by atoms with van der Waals surface area (Å²) in [6, 6.07) is 15.8. The molecule has 1 atom stereocenters. The van der Waals surface area contributed by atoms with Gasteiger partial charge in [0.05, 0.1) is 18.2 Å². The Labute approximate surface area is 211 Å². The number of carbonyl (C=O) groups excluding carboxylic acids is 1. The Morgan fingerprint density at radius 1 is 0.973 bits per heavy atom. The van der Waals surface area contributed by atoms with Crippen molar-refractivity contribution in [1.29, 1.82) is 0 Å².